The third-order valence-corrected chi connectivity index (χ3v) is 2.92. The SMILES string of the molecule is COC(=O)c1ccc(Cl)nc1NC1CCC1. The smallest absolute Gasteiger partial charge is 0.341 e. The maximum atomic E-state index is 11.5. The van der Waals surface area contributed by atoms with Crippen LogP contribution in [0.5, 0.6) is 0 Å². The van der Waals surface area contributed by atoms with Gasteiger partial charge in [0.05, 0.1) is 7.11 Å². The monoisotopic (exact) mass is 240 g/mol. The fourth-order valence-corrected chi connectivity index (χ4v) is 1.71. The van der Waals surface area contributed by atoms with Crippen molar-refractivity contribution in [3.8, 4) is 0 Å². The molecule has 1 N–H and O–H groups in total. The molecule has 5 heteroatoms. The first-order chi connectivity index (χ1) is 7.70. The van der Waals surface area contributed by atoms with Crippen LogP contribution in [0.15, 0.2) is 12.1 Å². The Morgan fingerprint density at radius 3 is 2.88 bits per heavy atom. The molecule has 0 atom stereocenters. The number of hydrogen-bond acceptors (Lipinski definition) is 4. The highest BCUT2D eigenvalue weighted by Crippen LogP contribution is 2.25. The van der Waals surface area contributed by atoms with E-state index in [1.807, 2.05) is 0 Å². The number of methoxy groups -OCH3 is 1. The first kappa shape index (κ1) is 11.2. The second-order valence-electron chi connectivity index (χ2n) is 3.79. The lowest BCUT2D eigenvalue weighted by Gasteiger charge is -2.27. The van der Waals surface area contributed by atoms with Gasteiger partial charge in [-0.1, -0.05) is 11.6 Å². The molecule has 0 spiro atoms. The van der Waals surface area contributed by atoms with Crippen LogP contribution in [0.4, 0.5) is 5.82 Å². The van der Waals surface area contributed by atoms with Gasteiger partial charge in [-0.3, -0.25) is 0 Å². The van der Waals surface area contributed by atoms with E-state index in [0.29, 0.717) is 22.6 Å². The van der Waals surface area contributed by atoms with Crippen LogP contribution in [0, 0.1) is 0 Å². The largest absolute Gasteiger partial charge is 0.465 e. The molecule has 1 fully saturated rings. The van der Waals surface area contributed by atoms with Crippen LogP contribution in [0.25, 0.3) is 0 Å². The first-order valence-electron chi connectivity index (χ1n) is 5.22. The summed E-state index contributed by atoms with van der Waals surface area (Å²) in [4.78, 5) is 15.6. The van der Waals surface area contributed by atoms with Crippen LogP contribution in [-0.4, -0.2) is 24.1 Å². The number of rotatable bonds is 3. The van der Waals surface area contributed by atoms with E-state index in [1.54, 1.807) is 12.1 Å². The standard InChI is InChI=1S/C11H13ClN2O2/c1-16-11(15)8-5-6-9(12)14-10(8)13-7-3-2-4-7/h5-7H,2-4H2,1H3,(H,13,14). The van der Waals surface area contributed by atoms with Gasteiger partial charge < -0.3 is 10.1 Å². The minimum atomic E-state index is -0.397. The van der Waals surface area contributed by atoms with E-state index in [0.717, 1.165) is 12.8 Å². The molecule has 0 unspecified atom stereocenters. The topological polar surface area (TPSA) is 51.2 Å². The number of aromatic nitrogens is 1. The number of carbonyl (C=O) groups is 1. The van der Waals surface area contributed by atoms with Gasteiger partial charge in [-0.2, -0.15) is 0 Å². The van der Waals surface area contributed by atoms with E-state index >= 15 is 0 Å². The summed E-state index contributed by atoms with van der Waals surface area (Å²) in [5, 5.41) is 3.58. The molecule has 1 aliphatic rings. The van der Waals surface area contributed by atoms with Crippen molar-refractivity contribution in [3.63, 3.8) is 0 Å². The number of carbonyl (C=O) groups excluding carboxylic acids is 1. The van der Waals surface area contributed by atoms with Gasteiger partial charge in [0.2, 0.25) is 0 Å². The molecule has 0 radical (unpaired) electrons. The molecular formula is C11H13ClN2O2. The van der Waals surface area contributed by atoms with Gasteiger partial charge >= 0.3 is 5.97 Å². The molecule has 0 bridgehead atoms. The maximum Gasteiger partial charge on any atom is 0.341 e. The molecule has 1 heterocycles. The highest BCUT2D eigenvalue weighted by Gasteiger charge is 2.21. The summed E-state index contributed by atoms with van der Waals surface area (Å²) < 4.78 is 4.69. The van der Waals surface area contributed by atoms with E-state index in [1.165, 1.54) is 13.5 Å². The third kappa shape index (κ3) is 2.27. The molecule has 1 aliphatic carbocycles. The summed E-state index contributed by atoms with van der Waals surface area (Å²) >= 11 is 5.81. The van der Waals surface area contributed by atoms with Crippen molar-refractivity contribution in [2.24, 2.45) is 0 Å². The molecule has 0 amide bonds. The number of halogens is 1. The van der Waals surface area contributed by atoms with E-state index in [9.17, 15) is 4.79 Å². The molecule has 86 valence electrons. The average molecular weight is 241 g/mol. The van der Waals surface area contributed by atoms with Crippen LogP contribution in [0.3, 0.4) is 0 Å². The number of nitrogens with zero attached hydrogens (tertiary/aromatic N) is 1. The Hall–Kier alpha value is -1.29. The van der Waals surface area contributed by atoms with Crippen molar-refractivity contribution in [3.05, 3.63) is 22.8 Å². The Morgan fingerprint density at radius 1 is 1.56 bits per heavy atom. The minimum Gasteiger partial charge on any atom is -0.465 e. The summed E-state index contributed by atoms with van der Waals surface area (Å²) in [6.45, 7) is 0. The maximum absolute atomic E-state index is 11.5. The lowest BCUT2D eigenvalue weighted by Crippen LogP contribution is -2.28. The predicted molar refractivity (Wildman–Crippen MR) is 61.8 cm³/mol. The van der Waals surface area contributed by atoms with Gasteiger partial charge in [0, 0.05) is 6.04 Å². The van der Waals surface area contributed by atoms with E-state index < -0.39 is 5.97 Å². The zero-order valence-electron chi connectivity index (χ0n) is 9.00. The van der Waals surface area contributed by atoms with Crippen molar-refractivity contribution in [1.29, 1.82) is 0 Å². The van der Waals surface area contributed by atoms with Crippen LogP contribution < -0.4 is 5.32 Å². The Kier molecular flexibility index (Phi) is 3.29. The molecule has 0 saturated heterocycles. The molecule has 2 rings (SSSR count). The van der Waals surface area contributed by atoms with Crippen molar-refractivity contribution in [1.82, 2.24) is 4.98 Å². The number of anilines is 1. The summed E-state index contributed by atoms with van der Waals surface area (Å²) in [5.41, 5.74) is 0.429. The summed E-state index contributed by atoms with van der Waals surface area (Å²) in [7, 11) is 1.35. The lowest BCUT2D eigenvalue weighted by atomic mass is 9.93. The quantitative estimate of drug-likeness (QED) is 0.652. The van der Waals surface area contributed by atoms with E-state index in [4.69, 9.17) is 11.6 Å². The Morgan fingerprint density at radius 2 is 2.31 bits per heavy atom. The van der Waals surface area contributed by atoms with Gasteiger partial charge in [-0.25, -0.2) is 9.78 Å². The predicted octanol–water partition coefficient (Wildman–Crippen LogP) is 2.49. The fourth-order valence-electron chi connectivity index (χ4n) is 1.57. The third-order valence-electron chi connectivity index (χ3n) is 2.71. The first-order valence-corrected chi connectivity index (χ1v) is 5.60. The zero-order valence-corrected chi connectivity index (χ0v) is 9.75. The zero-order chi connectivity index (χ0) is 11.5. The van der Waals surface area contributed by atoms with Gasteiger partial charge in [0.25, 0.3) is 0 Å². The van der Waals surface area contributed by atoms with Gasteiger partial charge in [0.1, 0.15) is 16.5 Å². The second-order valence-corrected chi connectivity index (χ2v) is 4.18. The van der Waals surface area contributed by atoms with Crippen molar-refractivity contribution < 1.29 is 9.53 Å². The molecular weight excluding hydrogens is 228 g/mol. The Labute approximate surface area is 99.0 Å². The van der Waals surface area contributed by atoms with Crippen LogP contribution in [0.1, 0.15) is 29.6 Å². The van der Waals surface area contributed by atoms with E-state index in [2.05, 4.69) is 15.0 Å². The molecule has 1 aromatic heterocycles. The number of ether oxygens (including phenoxy) is 1. The van der Waals surface area contributed by atoms with Gasteiger partial charge in [-0.05, 0) is 31.4 Å². The minimum absolute atomic E-state index is 0.370. The van der Waals surface area contributed by atoms with Gasteiger partial charge in [0.15, 0.2) is 0 Å². The molecule has 1 aromatic rings. The van der Waals surface area contributed by atoms with Crippen molar-refractivity contribution in [2.45, 2.75) is 25.3 Å². The number of pyridine rings is 1. The summed E-state index contributed by atoms with van der Waals surface area (Å²) in [6, 6.07) is 3.61. The number of esters is 1. The normalized spacial score (nSPS) is 15.4. The molecule has 16 heavy (non-hydrogen) atoms. The Bertz CT molecular complexity index is 405. The van der Waals surface area contributed by atoms with Crippen LogP contribution >= 0.6 is 11.6 Å². The van der Waals surface area contributed by atoms with Crippen molar-refractivity contribution >= 4 is 23.4 Å². The molecule has 1 saturated carbocycles. The summed E-state index contributed by atoms with van der Waals surface area (Å²) in [6.07, 6.45) is 3.43. The molecule has 4 nitrogen and oxygen atoms in total. The van der Waals surface area contributed by atoms with Gasteiger partial charge in [-0.15, -0.1) is 0 Å². The lowest BCUT2D eigenvalue weighted by molar-refractivity contribution is 0.0601. The van der Waals surface area contributed by atoms with Crippen LogP contribution in [0.2, 0.25) is 5.15 Å². The highest BCUT2D eigenvalue weighted by atomic mass is 35.5. The van der Waals surface area contributed by atoms with Crippen LogP contribution in [-0.2, 0) is 4.74 Å². The Balaban J connectivity index is 2.24. The number of hydrogen-bond donors (Lipinski definition) is 1. The van der Waals surface area contributed by atoms with Crippen molar-refractivity contribution in [2.75, 3.05) is 12.4 Å². The highest BCUT2D eigenvalue weighted by molar-refractivity contribution is 6.29. The summed E-state index contributed by atoms with van der Waals surface area (Å²) in [5.74, 6) is 0.120. The number of nitrogens with one attached hydrogen (secondary N) is 1. The fraction of sp³-hybridized carbons (Fsp3) is 0.455. The van der Waals surface area contributed by atoms with E-state index in [-0.39, 0.29) is 0 Å². The molecule has 0 aliphatic heterocycles. The average Bonchev–Trinajstić information content (AvgIpc) is 2.22. The second kappa shape index (κ2) is 4.70. The molecule has 0 aromatic carbocycles.